The van der Waals surface area contributed by atoms with Gasteiger partial charge in [-0.15, -0.1) is 11.6 Å². The Balaban J connectivity index is 2.78. The molecule has 3 nitrogen and oxygen atoms in total. The first-order valence-electron chi connectivity index (χ1n) is 4.74. The lowest BCUT2D eigenvalue weighted by Crippen LogP contribution is -2.26. The van der Waals surface area contributed by atoms with Gasteiger partial charge in [-0.25, -0.2) is 13.1 Å². The zero-order chi connectivity index (χ0) is 12.2. The van der Waals surface area contributed by atoms with Crippen molar-refractivity contribution in [3.63, 3.8) is 0 Å². The normalized spacial score (nSPS) is 11.4. The molecule has 0 heterocycles. The van der Waals surface area contributed by atoms with E-state index in [-0.39, 0.29) is 17.3 Å². The van der Waals surface area contributed by atoms with Gasteiger partial charge in [0.15, 0.2) is 0 Å². The van der Waals surface area contributed by atoms with Crippen LogP contribution in [0.25, 0.3) is 0 Å². The fourth-order valence-corrected chi connectivity index (χ4v) is 2.19. The van der Waals surface area contributed by atoms with Gasteiger partial charge in [0.25, 0.3) is 0 Å². The summed E-state index contributed by atoms with van der Waals surface area (Å²) in [7, 11) is -3.45. The number of benzene rings is 1. The first-order chi connectivity index (χ1) is 7.45. The molecule has 0 spiro atoms. The van der Waals surface area contributed by atoms with Crippen molar-refractivity contribution in [2.24, 2.45) is 0 Å². The van der Waals surface area contributed by atoms with Gasteiger partial charge >= 0.3 is 0 Å². The van der Waals surface area contributed by atoms with Crippen LogP contribution in [-0.2, 0) is 10.0 Å². The zero-order valence-electron chi connectivity index (χ0n) is 9.03. The topological polar surface area (TPSA) is 46.2 Å². The van der Waals surface area contributed by atoms with Gasteiger partial charge < -0.3 is 0 Å². The largest absolute Gasteiger partial charge is 0.240 e. The number of halogens is 1. The van der Waals surface area contributed by atoms with Gasteiger partial charge in [0.05, 0.1) is 4.90 Å². The molecule has 0 atom stereocenters. The van der Waals surface area contributed by atoms with Crippen LogP contribution < -0.4 is 4.72 Å². The Hall–Kier alpha value is -0.840. The fraction of sp³-hybridized carbons (Fsp3) is 0.273. The number of alkyl halides is 1. The van der Waals surface area contributed by atoms with Crippen LogP contribution in [0.15, 0.2) is 41.3 Å². The van der Waals surface area contributed by atoms with Crippen molar-refractivity contribution in [3.05, 3.63) is 42.0 Å². The molecule has 0 radical (unpaired) electrons. The molecule has 5 heteroatoms. The minimum atomic E-state index is -3.45. The molecule has 0 aromatic heterocycles. The third-order valence-electron chi connectivity index (χ3n) is 2.03. The van der Waals surface area contributed by atoms with Crippen LogP contribution in [0.2, 0.25) is 0 Å². The molecule has 0 saturated carbocycles. The van der Waals surface area contributed by atoms with Crippen LogP contribution in [0, 0.1) is 6.92 Å². The second-order valence-electron chi connectivity index (χ2n) is 3.52. The summed E-state index contributed by atoms with van der Waals surface area (Å²) in [4.78, 5) is 0.250. The lowest BCUT2D eigenvalue weighted by Gasteiger charge is -2.07. The fourth-order valence-electron chi connectivity index (χ4n) is 1.05. The third-order valence-corrected chi connectivity index (χ3v) is 3.83. The molecule has 0 fully saturated rings. The molecule has 0 bridgehead atoms. The van der Waals surface area contributed by atoms with Gasteiger partial charge in [-0.3, -0.25) is 0 Å². The maximum absolute atomic E-state index is 11.8. The lowest BCUT2D eigenvalue weighted by molar-refractivity contribution is 0.585. The number of hydrogen-bond acceptors (Lipinski definition) is 2. The van der Waals surface area contributed by atoms with Gasteiger partial charge in [0, 0.05) is 12.4 Å². The van der Waals surface area contributed by atoms with E-state index in [1.54, 1.807) is 24.3 Å². The lowest BCUT2D eigenvalue weighted by atomic mass is 10.2. The smallest absolute Gasteiger partial charge is 0.207 e. The van der Waals surface area contributed by atoms with Gasteiger partial charge in [0.1, 0.15) is 0 Å². The SMILES string of the molecule is C=C(CCl)CNS(=O)(=O)c1ccc(C)cc1. The van der Waals surface area contributed by atoms with E-state index in [9.17, 15) is 8.42 Å². The summed E-state index contributed by atoms with van der Waals surface area (Å²) >= 11 is 5.51. The van der Waals surface area contributed by atoms with Crippen LogP contribution in [0.3, 0.4) is 0 Å². The highest BCUT2D eigenvalue weighted by Gasteiger charge is 2.12. The predicted molar refractivity (Wildman–Crippen MR) is 66.2 cm³/mol. The molecule has 1 aromatic rings. The standard InChI is InChI=1S/C11H14ClNO2S/c1-9-3-5-11(6-4-9)16(14,15)13-8-10(2)7-12/h3-6,13H,2,7-8H2,1H3. The van der Waals surface area contributed by atoms with Crippen molar-refractivity contribution >= 4 is 21.6 Å². The molecule has 0 saturated heterocycles. The molecule has 0 aliphatic carbocycles. The second kappa shape index (κ2) is 5.48. The molecular weight excluding hydrogens is 246 g/mol. The predicted octanol–water partition coefficient (Wildman–Crippen LogP) is 2.07. The summed E-state index contributed by atoms with van der Waals surface area (Å²) in [5.41, 5.74) is 1.65. The van der Waals surface area contributed by atoms with E-state index in [0.29, 0.717) is 5.57 Å². The summed E-state index contributed by atoms with van der Waals surface area (Å²) in [5, 5.41) is 0. The average molecular weight is 260 g/mol. The molecule has 1 N–H and O–H groups in total. The monoisotopic (exact) mass is 259 g/mol. The van der Waals surface area contributed by atoms with Crippen molar-refractivity contribution in [1.29, 1.82) is 0 Å². The zero-order valence-corrected chi connectivity index (χ0v) is 10.6. The van der Waals surface area contributed by atoms with Crippen LogP contribution >= 0.6 is 11.6 Å². The molecule has 0 amide bonds. The van der Waals surface area contributed by atoms with Gasteiger partial charge in [0.2, 0.25) is 10.0 Å². The number of aryl methyl sites for hydroxylation is 1. The van der Waals surface area contributed by atoms with E-state index in [1.807, 2.05) is 6.92 Å². The highest BCUT2D eigenvalue weighted by Crippen LogP contribution is 2.09. The quantitative estimate of drug-likeness (QED) is 0.650. The van der Waals surface area contributed by atoms with Crippen molar-refractivity contribution in [2.45, 2.75) is 11.8 Å². The minimum absolute atomic E-state index is 0.166. The Labute approximate surface area is 101 Å². The number of hydrogen-bond donors (Lipinski definition) is 1. The van der Waals surface area contributed by atoms with Crippen LogP contribution in [0.1, 0.15) is 5.56 Å². The van der Waals surface area contributed by atoms with E-state index in [4.69, 9.17) is 11.6 Å². The molecule has 0 aliphatic rings. The molecule has 1 rings (SSSR count). The molecule has 16 heavy (non-hydrogen) atoms. The van der Waals surface area contributed by atoms with Crippen molar-refractivity contribution < 1.29 is 8.42 Å². The Kier molecular flexibility index (Phi) is 4.53. The Morgan fingerprint density at radius 2 is 1.94 bits per heavy atom. The number of nitrogens with one attached hydrogen (secondary N) is 1. The summed E-state index contributed by atoms with van der Waals surface area (Å²) in [6, 6.07) is 6.65. The molecule has 0 aliphatic heterocycles. The number of rotatable bonds is 5. The van der Waals surface area contributed by atoms with Crippen LogP contribution in [0.4, 0.5) is 0 Å². The minimum Gasteiger partial charge on any atom is -0.207 e. The van der Waals surface area contributed by atoms with E-state index in [1.165, 1.54) is 0 Å². The molecular formula is C11H14ClNO2S. The number of sulfonamides is 1. The summed E-state index contributed by atoms with van der Waals surface area (Å²) in [6.07, 6.45) is 0. The van der Waals surface area contributed by atoms with E-state index in [2.05, 4.69) is 11.3 Å². The van der Waals surface area contributed by atoms with Crippen molar-refractivity contribution in [1.82, 2.24) is 4.72 Å². The van der Waals surface area contributed by atoms with Crippen LogP contribution in [0.5, 0.6) is 0 Å². The van der Waals surface area contributed by atoms with Crippen LogP contribution in [-0.4, -0.2) is 20.8 Å². The summed E-state index contributed by atoms with van der Waals surface area (Å²) in [5.74, 6) is 0.246. The maximum atomic E-state index is 11.8. The second-order valence-corrected chi connectivity index (χ2v) is 5.56. The first-order valence-corrected chi connectivity index (χ1v) is 6.76. The average Bonchev–Trinajstić information content (AvgIpc) is 2.26. The van der Waals surface area contributed by atoms with E-state index in [0.717, 1.165) is 5.56 Å². The third kappa shape index (κ3) is 3.63. The van der Waals surface area contributed by atoms with E-state index < -0.39 is 10.0 Å². The van der Waals surface area contributed by atoms with Gasteiger partial charge in [-0.05, 0) is 24.6 Å². The Morgan fingerprint density at radius 1 is 1.38 bits per heavy atom. The van der Waals surface area contributed by atoms with Gasteiger partial charge in [-0.2, -0.15) is 0 Å². The highest BCUT2D eigenvalue weighted by molar-refractivity contribution is 7.89. The summed E-state index contributed by atoms with van der Waals surface area (Å²) < 4.78 is 26.0. The Morgan fingerprint density at radius 3 is 2.44 bits per heavy atom. The first kappa shape index (κ1) is 13.2. The van der Waals surface area contributed by atoms with E-state index >= 15 is 0 Å². The van der Waals surface area contributed by atoms with Crippen molar-refractivity contribution in [2.75, 3.05) is 12.4 Å². The molecule has 1 aromatic carbocycles. The van der Waals surface area contributed by atoms with Crippen molar-refractivity contribution in [3.8, 4) is 0 Å². The highest BCUT2D eigenvalue weighted by atomic mass is 35.5. The summed E-state index contributed by atoms with van der Waals surface area (Å²) in [6.45, 7) is 5.69. The Bertz CT molecular complexity index is 465. The maximum Gasteiger partial charge on any atom is 0.240 e. The van der Waals surface area contributed by atoms with Gasteiger partial charge in [-0.1, -0.05) is 24.3 Å². The molecule has 88 valence electrons. The molecule has 0 unspecified atom stereocenters.